The van der Waals surface area contributed by atoms with Gasteiger partial charge in [-0.25, -0.2) is 0 Å². The maximum Gasteiger partial charge on any atom is 0.323 e. The Balaban J connectivity index is 4.20. The van der Waals surface area contributed by atoms with Crippen molar-refractivity contribution in [2.45, 2.75) is 18.9 Å². The van der Waals surface area contributed by atoms with E-state index >= 15 is 0 Å². The fraction of sp³-hybridized carbons (Fsp3) is 0.500. The van der Waals surface area contributed by atoms with Crippen molar-refractivity contribution in [3.05, 3.63) is 12.7 Å². The third-order valence-corrected chi connectivity index (χ3v) is 1.63. The molecule has 0 aliphatic carbocycles. The second-order valence-electron chi connectivity index (χ2n) is 2.77. The first-order chi connectivity index (χ1) is 6.49. The van der Waals surface area contributed by atoms with Crippen LogP contribution in [0.2, 0.25) is 0 Å². The van der Waals surface area contributed by atoms with Crippen molar-refractivity contribution in [3.63, 3.8) is 0 Å². The van der Waals surface area contributed by atoms with E-state index in [2.05, 4.69) is 6.58 Å². The van der Waals surface area contributed by atoms with Crippen LogP contribution in [0.1, 0.15) is 12.8 Å². The lowest BCUT2D eigenvalue weighted by Gasteiger charge is -2.20. The van der Waals surface area contributed by atoms with Gasteiger partial charge in [0.15, 0.2) is 0 Å². The molecule has 0 bridgehead atoms. The van der Waals surface area contributed by atoms with Crippen LogP contribution in [0.15, 0.2) is 12.7 Å². The fourth-order valence-electron chi connectivity index (χ4n) is 0.938. The first kappa shape index (κ1) is 12.6. The van der Waals surface area contributed by atoms with Gasteiger partial charge in [0.05, 0.1) is 0 Å². The Labute approximate surface area is 81.6 Å². The zero-order valence-corrected chi connectivity index (χ0v) is 7.72. The predicted octanol–water partition coefficient (Wildman–Crippen LogP) is -0.418. The first-order valence-electron chi connectivity index (χ1n) is 4.06. The maximum atomic E-state index is 10.6. The van der Waals surface area contributed by atoms with E-state index in [1.165, 1.54) is 6.08 Å². The van der Waals surface area contributed by atoms with E-state index in [0.29, 0.717) is 5.06 Å². The zero-order chi connectivity index (χ0) is 11.1. The minimum atomic E-state index is -1.20. The van der Waals surface area contributed by atoms with Crippen LogP contribution in [0.4, 0.5) is 0 Å². The molecule has 0 heterocycles. The molecule has 6 heteroatoms. The molecule has 0 aromatic rings. The third kappa shape index (κ3) is 4.58. The Kier molecular flexibility index (Phi) is 5.50. The summed E-state index contributed by atoms with van der Waals surface area (Å²) in [5.74, 6) is -1.79. The molecule has 0 radical (unpaired) electrons. The molecular weight excluding hydrogens is 188 g/mol. The molecule has 0 rings (SSSR count). The Hall–Kier alpha value is -1.40. The van der Waals surface area contributed by atoms with Crippen LogP contribution in [0, 0.1) is 0 Å². The summed E-state index contributed by atoms with van der Waals surface area (Å²) in [7, 11) is 0. The van der Waals surface area contributed by atoms with Crippen LogP contribution in [0.3, 0.4) is 0 Å². The molecule has 0 spiro atoms. The molecule has 0 aliphatic heterocycles. The van der Waals surface area contributed by atoms with E-state index in [4.69, 9.17) is 10.8 Å². The lowest BCUT2D eigenvalue weighted by molar-refractivity contribution is -0.167. The second kappa shape index (κ2) is 6.11. The normalized spacial score (nSPS) is 12.4. The number of nitrogens with zero attached hydrogens (tertiary/aromatic N) is 1. The van der Waals surface area contributed by atoms with Crippen molar-refractivity contribution in [3.8, 4) is 0 Å². The number of primary amides is 1. The third-order valence-electron chi connectivity index (χ3n) is 1.63. The van der Waals surface area contributed by atoms with Gasteiger partial charge in [-0.2, -0.15) is 5.06 Å². The van der Waals surface area contributed by atoms with E-state index in [-0.39, 0.29) is 19.4 Å². The van der Waals surface area contributed by atoms with Crippen molar-refractivity contribution >= 4 is 11.9 Å². The maximum absolute atomic E-state index is 10.6. The number of carbonyl (C=O) groups is 2. The summed E-state index contributed by atoms with van der Waals surface area (Å²) < 4.78 is 0. The molecule has 0 aliphatic rings. The van der Waals surface area contributed by atoms with Crippen molar-refractivity contribution in [1.82, 2.24) is 5.06 Å². The highest BCUT2D eigenvalue weighted by Crippen LogP contribution is 2.04. The molecule has 0 saturated heterocycles. The zero-order valence-electron chi connectivity index (χ0n) is 7.72. The number of hydroxylamine groups is 2. The number of rotatable bonds is 7. The Morgan fingerprint density at radius 1 is 1.57 bits per heavy atom. The van der Waals surface area contributed by atoms with Gasteiger partial charge in [0.2, 0.25) is 5.91 Å². The summed E-state index contributed by atoms with van der Waals surface area (Å²) in [6.45, 7) is 3.37. The topological polar surface area (TPSA) is 104 Å². The van der Waals surface area contributed by atoms with Gasteiger partial charge in [-0.05, 0) is 6.42 Å². The van der Waals surface area contributed by atoms with Gasteiger partial charge < -0.3 is 16.0 Å². The summed E-state index contributed by atoms with van der Waals surface area (Å²) >= 11 is 0. The van der Waals surface area contributed by atoms with E-state index in [0.717, 1.165) is 0 Å². The van der Waals surface area contributed by atoms with Gasteiger partial charge >= 0.3 is 5.97 Å². The minimum Gasteiger partial charge on any atom is -0.480 e. The van der Waals surface area contributed by atoms with Gasteiger partial charge in [0.1, 0.15) is 6.04 Å². The minimum absolute atomic E-state index is 0.0188. The highest BCUT2D eigenvalue weighted by Gasteiger charge is 2.23. The van der Waals surface area contributed by atoms with E-state index in [9.17, 15) is 14.8 Å². The number of amides is 1. The SMILES string of the molecule is C=CCN(O)[C@@H](CCC(N)=O)C(=O)O. The average Bonchev–Trinajstić information content (AvgIpc) is 2.03. The van der Waals surface area contributed by atoms with Gasteiger partial charge in [-0.1, -0.05) is 6.08 Å². The monoisotopic (exact) mass is 202 g/mol. The Morgan fingerprint density at radius 3 is 2.50 bits per heavy atom. The Morgan fingerprint density at radius 2 is 2.14 bits per heavy atom. The van der Waals surface area contributed by atoms with E-state index < -0.39 is 17.9 Å². The van der Waals surface area contributed by atoms with Crippen LogP contribution in [0.5, 0.6) is 0 Å². The number of hydrogen-bond acceptors (Lipinski definition) is 4. The number of carboxylic acids is 1. The second-order valence-corrected chi connectivity index (χ2v) is 2.77. The van der Waals surface area contributed by atoms with Crippen molar-refractivity contribution in [2.24, 2.45) is 5.73 Å². The molecular formula is C8H14N2O4. The number of carbonyl (C=O) groups excluding carboxylic acids is 1. The highest BCUT2D eigenvalue weighted by atomic mass is 16.5. The first-order valence-corrected chi connectivity index (χ1v) is 4.06. The van der Waals surface area contributed by atoms with Crippen LogP contribution >= 0.6 is 0 Å². The smallest absolute Gasteiger partial charge is 0.323 e. The number of aliphatic carboxylic acids is 1. The highest BCUT2D eigenvalue weighted by molar-refractivity contribution is 5.77. The lowest BCUT2D eigenvalue weighted by Crippen LogP contribution is -2.39. The molecule has 14 heavy (non-hydrogen) atoms. The molecule has 0 aromatic heterocycles. The lowest BCUT2D eigenvalue weighted by atomic mass is 10.1. The molecule has 0 aromatic carbocycles. The fourth-order valence-corrected chi connectivity index (χ4v) is 0.938. The average molecular weight is 202 g/mol. The largest absolute Gasteiger partial charge is 0.480 e. The van der Waals surface area contributed by atoms with Crippen molar-refractivity contribution < 1.29 is 19.9 Å². The summed E-state index contributed by atoms with van der Waals surface area (Å²) in [6, 6.07) is -1.12. The molecule has 1 amide bonds. The van der Waals surface area contributed by atoms with Gasteiger partial charge in [-0.15, -0.1) is 6.58 Å². The number of hydrogen-bond donors (Lipinski definition) is 3. The van der Waals surface area contributed by atoms with Crippen LogP contribution in [0.25, 0.3) is 0 Å². The molecule has 4 N–H and O–H groups in total. The molecule has 6 nitrogen and oxygen atoms in total. The summed E-state index contributed by atoms with van der Waals surface area (Å²) in [5, 5.41) is 18.5. The molecule has 0 saturated carbocycles. The van der Waals surface area contributed by atoms with Gasteiger partial charge in [0.25, 0.3) is 0 Å². The van der Waals surface area contributed by atoms with Gasteiger partial charge in [-0.3, -0.25) is 9.59 Å². The van der Waals surface area contributed by atoms with E-state index in [1.54, 1.807) is 0 Å². The van der Waals surface area contributed by atoms with Crippen LogP contribution in [-0.4, -0.2) is 39.8 Å². The van der Waals surface area contributed by atoms with Crippen LogP contribution < -0.4 is 5.73 Å². The standard InChI is InChI=1S/C8H14N2O4/c1-2-5-10(14)6(8(12)13)3-4-7(9)11/h2,6,14H,1,3-5H2,(H2,9,11)(H,12,13)/t6-/m0/s1. The van der Waals surface area contributed by atoms with Crippen molar-refractivity contribution in [1.29, 1.82) is 0 Å². The molecule has 0 unspecified atom stereocenters. The molecule has 1 atom stereocenters. The van der Waals surface area contributed by atoms with Crippen LogP contribution in [-0.2, 0) is 9.59 Å². The van der Waals surface area contributed by atoms with E-state index in [1.807, 2.05) is 0 Å². The molecule has 0 fully saturated rings. The Bertz CT molecular complexity index is 229. The number of carboxylic acid groups (broad SMARTS) is 1. The summed E-state index contributed by atoms with van der Waals surface area (Å²) in [4.78, 5) is 21.1. The molecule has 80 valence electrons. The quantitative estimate of drug-likeness (QED) is 0.384. The number of nitrogens with two attached hydrogens (primary N) is 1. The summed E-state index contributed by atoms with van der Waals surface area (Å²) in [5.41, 5.74) is 4.86. The van der Waals surface area contributed by atoms with Crippen molar-refractivity contribution in [2.75, 3.05) is 6.54 Å². The van der Waals surface area contributed by atoms with Gasteiger partial charge in [0, 0.05) is 13.0 Å². The predicted molar refractivity (Wildman–Crippen MR) is 48.5 cm³/mol. The summed E-state index contributed by atoms with van der Waals surface area (Å²) in [6.07, 6.45) is 1.26.